The highest BCUT2D eigenvalue weighted by molar-refractivity contribution is 5.84. The molecule has 1 atom stereocenters. The molecule has 10 heteroatoms. The van der Waals surface area contributed by atoms with Gasteiger partial charge in [0.05, 0.1) is 31.1 Å². The Hall–Kier alpha value is -2.49. The Morgan fingerprint density at radius 1 is 1.68 bits per heavy atom. The molecule has 1 aromatic rings. The molecule has 0 aliphatic rings. The monoisotopic (exact) mass is 272 g/mol. The van der Waals surface area contributed by atoms with Gasteiger partial charge < -0.3 is 25.3 Å². The Morgan fingerprint density at radius 2 is 2.37 bits per heavy atom. The lowest BCUT2D eigenvalue weighted by atomic mass is 10.3. The zero-order valence-corrected chi connectivity index (χ0v) is 9.98. The number of carbonyl (C=O) groups excluding carboxylic acids is 2. The summed E-state index contributed by atoms with van der Waals surface area (Å²) in [4.78, 5) is 32.3. The molecular weight excluding hydrogens is 260 g/mol. The Labute approximate surface area is 107 Å². The molecule has 0 aliphatic carbocycles. The van der Waals surface area contributed by atoms with Crippen LogP contribution < -0.4 is 5.32 Å². The molecular formula is C9H12N4O6. The van der Waals surface area contributed by atoms with Crippen LogP contribution in [0.25, 0.3) is 0 Å². The van der Waals surface area contributed by atoms with E-state index in [1.54, 1.807) is 0 Å². The maximum absolute atomic E-state index is 11.5. The highest BCUT2D eigenvalue weighted by Crippen LogP contribution is 2.04. The molecule has 0 spiro atoms. The lowest BCUT2D eigenvalue weighted by molar-refractivity contribution is -0.389. The van der Waals surface area contributed by atoms with E-state index in [-0.39, 0.29) is 12.4 Å². The fourth-order valence-electron chi connectivity index (χ4n) is 1.24. The first-order chi connectivity index (χ1) is 8.97. The molecule has 10 nitrogen and oxygen atoms in total. The second kappa shape index (κ2) is 6.44. The third-order valence-electron chi connectivity index (χ3n) is 2.12. The standard InChI is InChI=1S/C9H12N4O6/c1-19-9(16)6(5-14)10-8(15)4-12-3-2-7(11-12)13(17)18/h2-3,6,14H,4-5H2,1H3,(H,10,15). The van der Waals surface area contributed by atoms with Gasteiger partial charge in [0.15, 0.2) is 6.04 Å². The van der Waals surface area contributed by atoms with Crippen LogP contribution in [0.5, 0.6) is 0 Å². The van der Waals surface area contributed by atoms with Gasteiger partial charge in [-0.05, 0) is 4.92 Å². The second-order valence-electron chi connectivity index (χ2n) is 3.45. The molecule has 104 valence electrons. The van der Waals surface area contributed by atoms with Crippen molar-refractivity contribution in [2.24, 2.45) is 0 Å². The third-order valence-corrected chi connectivity index (χ3v) is 2.12. The number of hydrogen-bond donors (Lipinski definition) is 2. The van der Waals surface area contributed by atoms with Gasteiger partial charge in [-0.2, -0.15) is 4.68 Å². The summed E-state index contributed by atoms with van der Waals surface area (Å²) in [5.74, 6) is -1.82. The molecule has 0 aliphatic heterocycles. The number of esters is 1. The van der Waals surface area contributed by atoms with E-state index >= 15 is 0 Å². The predicted molar refractivity (Wildman–Crippen MR) is 59.9 cm³/mol. The quantitative estimate of drug-likeness (QED) is 0.363. The number of amides is 1. The van der Waals surface area contributed by atoms with Crippen LogP contribution >= 0.6 is 0 Å². The lowest BCUT2D eigenvalue weighted by Crippen LogP contribution is -2.45. The summed E-state index contributed by atoms with van der Waals surface area (Å²) >= 11 is 0. The average molecular weight is 272 g/mol. The van der Waals surface area contributed by atoms with E-state index in [9.17, 15) is 19.7 Å². The molecule has 19 heavy (non-hydrogen) atoms. The van der Waals surface area contributed by atoms with Crippen LogP contribution in [0.1, 0.15) is 0 Å². The van der Waals surface area contributed by atoms with Crippen molar-refractivity contribution in [3.63, 3.8) is 0 Å². The number of aromatic nitrogens is 2. The molecule has 2 N–H and O–H groups in total. The molecule has 1 unspecified atom stereocenters. The van der Waals surface area contributed by atoms with Crippen LogP contribution in [0.4, 0.5) is 5.82 Å². The molecule has 0 saturated carbocycles. The van der Waals surface area contributed by atoms with Gasteiger partial charge >= 0.3 is 11.8 Å². The summed E-state index contributed by atoms with van der Waals surface area (Å²) in [5, 5.41) is 25.0. The topological polar surface area (TPSA) is 137 Å². The van der Waals surface area contributed by atoms with Gasteiger partial charge in [0.2, 0.25) is 5.91 Å². The highest BCUT2D eigenvalue weighted by atomic mass is 16.6. The van der Waals surface area contributed by atoms with Crippen LogP contribution in [-0.4, -0.2) is 51.4 Å². The molecule has 1 heterocycles. The molecule has 0 radical (unpaired) electrons. The van der Waals surface area contributed by atoms with Crippen molar-refractivity contribution in [3.8, 4) is 0 Å². The summed E-state index contributed by atoms with van der Waals surface area (Å²) in [7, 11) is 1.12. The van der Waals surface area contributed by atoms with Crippen molar-refractivity contribution in [2.75, 3.05) is 13.7 Å². The second-order valence-corrected chi connectivity index (χ2v) is 3.45. The van der Waals surface area contributed by atoms with Crippen molar-refractivity contribution in [1.29, 1.82) is 0 Å². The zero-order chi connectivity index (χ0) is 14.4. The van der Waals surface area contributed by atoms with Crippen molar-refractivity contribution in [1.82, 2.24) is 15.1 Å². The van der Waals surface area contributed by atoms with E-state index in [1.165, 1.54) is 6.20 Å². The van der Waals surface area contributed by atoms with Gasteiger partial charge in [0, 0.05) is 0 Å². The number of methoxy groups -OCH3 is 1. The lowest BCUT2D eigenvalue weighted by Gasteiger charge is -2.12. The van der Waals surface area contributed by atoms with E-state index in [0.717, 1.165) is 17.9 Å². The number of ether oxygens (including phenoxy) is 1. The minimum Gasteiger partial charge on any atom is -0.467 e. The SMILES string of the molecule is COC(=O)C(CO)NC(=O)Cn1ccc([N+](=O)[O-])n1. The van der Waals surface area contributed by atoms with Crippen molar-refractivity contribution in [3.05, 3.63) is 22.4 Å². The summed E-state index contributed by atoms with van der Waals surface area (Å²) in [5.41, 5.74) is 0. The van der Waals surface area contributed by atoms with Gasteiger partial charge in [-0.1, -0.05) is 0 Å². The van der Waals surface area contributed by atoms with Crippen molar-refractivity contribution < 1.29 is 24.4 Å². The van der Waals surface area contributed by atoms with Gasteiger partial charge in [-0.25, -0.2) is 4.79 Å². The van der Waals surface area contributed by atoms with Crippen molar-refractivity contribution >= 4 is 17.7 Å². The third kappa shape index (κ3) is 4.03. The van der Waals surface area contributed by atoms with Gasteiger partial charge in [-0.3, -0.25) is 4.79 Å². The fraction of sp³-hybridized carbons (Fsp3) is 0.444. The summed E-state index contributed by atoms with van der Waals surface area (Å²) in [6, 6.07) is -0.0417. The number of rotatable bonds is 6. The summed E-state index contributed by atoms with van der Waals surface area (Å²) < 4.78 is 5.41. The first kappa shape index (κ1) is 14.6. The summed E-state index contributed by atoms with van der Waals surface area (Å²) in [6.45, 7) is -0.932. The number of nitrogens with one attached hydrogen (secondary N) is 1. The van der Waals surface area contributed by atoms with Gasteiger partial charge in [-0.15, -0.1) is 0 Å². The molecule has 1 rings (SSSR count). The zero-order valence-electron chi connectivity index (χ0n) is 9.98. The minimum absolute atomic E-state index is 0.318. The van der Waals surface area contributed by atoms with Crippen LogP contribution in [0, 0.1) is 10.1 Å². The molecule has 0 fully saturated rings. The Balaban J connectivity index is 2.58. The molecule has 1 amide bonds. The van der Waals surface area contributed by atoms with E-state index < -0.39 is 29.4 Å². The first-order valence-electron chi connectivity index (χ1n) is 5.13. The molecule has 0 bridgehead atoms. The Bertz CT molecular complexity index is 485. The predicted octanol–water partition coefficient (Wildman–Crippen LogP) is -1.56. The van der Waals surface area contributed by atoms with E-state index in [4.69, 9.17) is 5.11 Å². The van der Waals surface area contributed by atoms with Crippen LogP contribution in [0.2, 0.25) is 0 Å². The minimum atomic E-state index is -1.18. The van der Waals surface area contributed by atoms with Gasteiger partial charge in [0.1, 0.15) is 6.54 Å². The van der Waals surface area contributed by atoms with E-state index in [2.05, 4.69) is 15.2 Å². The molecule has 0 aromatic carbocycles. The highest BCUT2D eigenvalue weighted by Gasteiger charge is 2.21. The first-order valence-corrected chi connectivity index (χ1v) is 5.13. The number of aliphatic hydroxyl groups is 1. The van der Waals surface area contributed by atoms with Crippen LogP contribution in [0.3, 0.4) is 0 Å². The van der Waals surface area contributed by atoms with Crippen LogP contribution in [0.15, 0.2) is 12.3 Å². The van der Waals surface area contributed by atoms with Gasteiger partial charge in [0.25, 0.3) is 0 Å². The van der Waals surface area contributed by atoms with E-state index in [1.807, 2.05) is 0 Å². The molecule has 0 saturated heterocycles. The maximum atomic E-state index is 11.5. The fourth-order valence-corrected chi connectivity index (χ4v) is 1.24. The number of aliphatic hydroxyl groups excluding tert-OH is 1. The number of hydrogen-bond acceptors (Lipinski definition) is 7. The average Bonchev–Trinajstić information content (AvgIpc) is 2.83. The van der Waals surface area contributed by atoms with Crippen molar-refractivity contribution in [2.45, 2.75) is 12.6 Å². The molecule has 1 aromatic heterocycles. The number of carbonyl (C=O) groups is 2. The maximum Gasteiger partial charge on any atom is 0.389 e. The van der Waals surface area contributed by atoms with E-state index in [0.29, 0.717) is 0 Å². The number of nitrogens with zero attached hydrogens (tertiary/aromatic N) is 3. The Kier molecular flexibility index (Phi) is 4.94. The summed E-state index contributed by atoms with van der Waals surface area (Å²) in [6.07, 6.45) is 1.25. The largest absolute Gasteiger partial charge is 0.467 e. The smallest absolute Gasteiger partial charge is 0.389 e. The Morgan fingerprint density at radius 3 is 2.84 bits per heavy atom. The normalized spacial score (nSPS) is 11.7. The number of nitro groups is 1. The van der Waals surface area contributed by atoms with Crippen LogP contribution in [-0.2, 0) is 20.9 Å².